The number of aliphatic carboxylic acids is 1. The van der Waals surface area contributed by atoms with Crippen LogP contribution in [0.4, 0.5) is 0 Å². The molecule has 1 saturated heterocycles. The van der Waals surface area contributed by atoms with Crippen LogP contribution in [0.1, 0.15) is 53.4 Å². The van der Waals surface area contributed by atoms with Gasteiger partial charge in [0.1, 0.15) is 5.54 Å². The summed E-state index contributed by atoms with van der Waals surface area (Å²) >= 11 is 0. The third-order valence-corrected chi connectivity index (χ3v) is 4.80. The smallest absolute Gasteiger partial charge is 0.323 e. The van der Waals surface area contributed by atoms with Crippen molar-refractivity contribution in [2.24, 2.45) is 11.1 Å². The molecule has 1 fully saturated rings. The average Bonchev–Trinajstić information content (AvgIpc) is 2.73. The van der Waals surface area contributed by atoms with Crippen molar-refractivity contribution < 1.29 is 9.90 Å². The highest BCUT2D eigenvalue weighted by Gasteiger charge is 2.39. The van der Waals surface area contributed by atoms with E-state index in [2.05, 4.69) is 25.7 Å². The first-order valence-corrected chi connectivity index (χ1v) is 7.02. The van der Waals surface area contributed by atoms with Gasteiger partial charge in [0.05, 0.1) is 0 Å². The van der Waals surface area contributed by atoms with Gasteiger partial charge >= 0.3 is 5.97 Å². The van der Waals surface area contributed by atoms with Gasteiger partial charge in [0.25, 0.3) is 0 Å². The Morgan fingerprint density at radius 2 is 2.06 bits per heavy atom. The van der Waals surface area contributed by atoms with Crippen molar-refractivity contribution in [1.82, 2.24) is 4.90 Å². The number of likely N-dealkylation sites (tertiary alicyclic amines) is 1. The molecule has 4 nitrogen and oxygen atoms in total. The summed E-state index contributed by atoms with van der Waals surface area (Å²) in [7, 11) is 0. The minimum atomic E-state index is -1.12. The number of hydrogen-bond donors (Lipinski definition) is 2. The molecular weight excluding hydrogens is 228 g/mol. The summed E-state index contributed by atoms with van der Waals surface area (Å²) in [4.78, 5) is 13.5. The summed E-state index contributed by atoms with van der Waals surface area (Å²) in [6.45, 7) is 10.4. The van der Waals surface area contributed by atoms with Crippen molar-refractivity contribution in [2.75, 3.05) is 13.1 Å². The zero-order valence-electron chi connectivity index (χ0n) is 12.2. The largest absolute Gasteiger partial charge is 0.480 e. The van der Waals surface area contributed by atoms with Crippen LogP contribution in [0, 0.1) is 5.41 Å². The number of hydrogen-bond acceptors (Lipinski definition) is 3. The Hall–Kier alpha value is -0.610. The fraction of sp³-hybridized carbons (Fsp3) is 0.929. The molecule has 0 radical (unpaired) electrons. The molecule has 0 amide bonds. The van der Waals surface area contributed by atoms with Gasteiger partial charge in [-0.1, -0.05) is 13.8 Å². The Morgan fingerprint density at radius 3 is 2.44 bits per heavy atom. The fourth-order valence-corrected chi connectivity index (χ4v) is 3.00. The second-order valence-corrected chi connectivity index (χ2v) is 6.20. The molecule has 0 aromatic carbocycles. The van der Waals surface area contributed by atoms with Crippen LogP contribution < -0.4 is 5.73 Å². The standard InChI is InChI=1S/C14H28N2O2/c1-5-14(6-2)7-8-16(10-14)11(3)9-13(4,15)12(17)18/h11H,5-10,15H2,1-4H3,(H,17,18). The molecule has 0 bridgehead atoms. The summed E-state index contributed by atoms with van der Waals surface area (Å²) in [5.41, 5.74) is 5.15. The highest BCUT2D eigenvalue weighted by molar-refractivity contribution is 5.77. The van der Waals surface area contributed by atoms with Crippen molar-refractivity contribution in [2.45, 2.75) is 65.0 Å². The fourth-order valence-electron chi connectivity index (χ4n) is 3.00. The van der Waals surface area contributed by atoms with E-state index in [4.69, 9.17) is 10.8 Å². The molecule has 0 aromatic heterocycles. The maximum atomic E-state index is 11.1. The third-order valence-electron chi connectivity index (χ3n) is 4.80. The number of carboxylic acids is 1. The molecule has 106 valence electrons. The normalized spacial score (nSPS) is 24.7. The van der Waals surface area contributed by atoms with Crippen LogP contribution >= 0.6 is 0 Å². The molecule has 18 heavy (non-hydrogen) atoms. The lowest BCUT2D eigenvalue weighted by atomic mass is 9.82. The van der Waals surface area contributed by atoms with Crippen LogP contribution in [0.5, 0.6) is 0 Å². The SMILES string of the molecule is CCC1(CC)CCN(C(C)CC(C)(N)C(=O)O)C1. The zero-order valence-corrected chi connectivity index (χ0v) is 12.2. The van der Waals surface area contributed by atoms with E-state index in [0.29, 0.717) is 11.8 Å². The average molecular weight is 256 g/mol. The van der Waals surface area contributed by atoms with Crippen molar-refractivity contribution in [1.29, 1.82) is 0 Å². The number of carbonyl (C=O) groups is 1. The van der Waals surface area contributed by atoms with Crippen LogP contribution in [0.3, 0.4) is 0 Å². The van der Waals surface area contributed by atoms with E-state index in [0.717, 1.165) is 13.1 Å². The number of carboxylic acid groups (broad SMARTS) is 1. The van der Waals surface area contributed by atoms with Crippen LogP contribution in [-0.2, 0) is 4.79 Å². The summed E-state index contributed by atoms with van der Waals surface area (Å²) in [5, 5.41) is 9.08. The molecule has 2 atom stereocenters. The van der Waals surface area contributed by atoms with Crippen LogP contribution in [-0.4, -0.2) is 40.6 Å². The molecule has 1 aliphatic rings. The third kappa shape index (κ3) is 3.23. The van der Waals surface area contributed by atoms with Crippen LogP contribution in [0.25, 0.3) is 0 Å². The van der Waals surface area contributed by atoms with Gasteiger partial charge in [-0.3, -0.25) is 4.79 Å². The Morgan fingerprint density at radius 1 is 1.50 bits per heavy atom. The molecule has 0 saturated carbocycles. The Kier molecular flexibility index (Phi) is 4.78. The predicted molar refractivity (Wildman–Crippen MR) is 73.5 cm³/mol. The molecule has 0 aromatic rings. The van der Waals surface area contributed by atoms with Crippen LogP contribution in [0.2, 0.25) is 0 Å². The minimum Gasteiger partial charge on any atom is -0.480 e. The van der Waals surface area contributed by atoms with E-state index in [9.17, 15) is 4.79 Å². The Labute approximate surface area is 111 Å². The summed E-state index contributed by atoms with van der Waals surface area (Å²) < 4.78 is 0. The van der Waals surface area contributed by atoms with E-state index >= 15 is 0 Å². The van der Waals surface area contributed by atoms with E-state index < -0.39 is 11.5 Å². The van der Waals surface area contributed by atoms with Crippen molar-refractivity contribution in [3.8, 4) is 0 Å². The summed E-state index contributed by atoms with van der Waals surface area (Å²) in [6.07, 6.45) is 4.13. The van der Waals surface area contributed by atoms with Gasteiger partial charge in [0.15, 0.2) is 0 Å². The monoisotopic (exact) mass is 256 g/mol. The predicted octanol–water partition coefficient (Wildman–Crippen LogP) is 2.08. The molecule has 1 heterocycles. The van der Waals surface area contributed by atoms with E-state index in [1.165, 1.54) is 19.3 Å². The molecule has 2 unspecified atom stereocenters. The number of rotatable bonds is 6. The number of nitrogens with zero attached hydrogens (tertiary/aromatic N) is 1. The quantitative estimate of drug-likeness (QED) is 0.763. The molecule has 4 heteroatoms. The highest BCUT2D eigenvalue weighted by atomic mass is 16.4. The second kappa shape index (κ2) is 5.57. The maximum Gasteiger partial charge on any atom is 0.323 e. The van der Waals surface area contributed by atoms with Gasteiger partial charge in [0, 0.05) is 12.6 Å². The Bertz CT molecular complexity index is 298. The first-order chi connectivity index (χ1) is 8.26. The van der Waals surface area contributed by atoms with Gasteiger partial charge in [-0.15, -0.1) is 0 Å². The van der Waals surface area contributed by atoms with Crippen molar-refractivity contribution >= 4 is 5.97 Å². The lowest BCUT2D eigenvalue weighted by Crippen LogP contribution is -2.50. The molecule has 3 N–H and O–H groups in total. The van der Waals surface area contributed by atoms with Gasteiger partial charge < -0.3 is 15.7 Å². The Balaban J connectivity index is 2.60. The van der Waals surface area contributed by atoms with Gasteiger partial charge in [0.2, 0.25) is 0 Å². The van der Waals surface area contributed by atoms with Gasteiger partial charge in [-0.25, -0.2) is 0 Å². The molecule has 1 aliphatic heterocycles. The summed E-state index contributed by atoms with van der Waals surface area (Å²) in [5.74, 6) is -0.911. The molecule has 0 aliphatic carbocycles. The summed E-state index contributed by atoms with van der Waals surface area (Å²) in [6, 6.07) is 0.232. The zero-order chi connectivity index (χ0) is 14.0. The molecular formula is C14H28N2O2. The van der Waals surface area contributed by atoms with E-state index in [1.807, 2.05) is 0 Å². The van der Waals surface area contributed by atoms with Crippen LogP contribution in [0.15, 0.2) is 0 Å². The topological polar surface area (TPSA) is 66.6 Å². The number of nitrogens with two attached hydrogens (primary N) is 1. The van der Waals surface area contributed by atoms with Gasteiger partial charge in [-0.05, 0) is 51.5 Å². The molecule has 1 rings (SSSR count). The second-order valence-electron chi connectivity index (χ2n) is 6.20. The highest BCUT2D eigenvalue weighted by Crippen LogP contribution is 2.38. The van der Waals surface area contributed by atoms with Gasteiger partial charge in [-0.2, -0.15) is 0 Å². The minimum absolute atomic E-state index is 0.232. The van der Waals surface area contributed by atoms with Crippen molar-refractivity contribution in [3.63, 3.8) is 0 Å². The first-order valence-electron chi connectivity index (χ1n) is 7.02. The lowest BCUT2D eigenvalue weighted by molar-refractivity contribution is -0.143. The molecule has 0 spiro atoms. The first kappa shape index (κ1) is 15.4. The van der Waals surface area contributed by atoms with E-state index in [1.54, 1.807) is 6.92 Å². The lowest BCUT2D eigenvalue weighted by Gasteiger charge is -2.32. The van der Waals surface area contributed by atoms with E-state index in [-0.39, 0.29) is 6.04 Å². The maximum absolute atomic E-state index is 11.1. The van der Waals surface area contributed by atoms with Crippen molar-refractivity contribution in [3.05, 3.63) is 0 Å².